The molecule has 0 aliphatic heterocycles. The Hall–Kier alpha value is -2.56. The lowest BCUT2D eigenvalue weighted by Gasteiger charge is -2.03. The van der Waals surface area contributed by atoms with E-state index in [1.165, 1.54) is 6.07 Å². The average molecular weight is 243 g/mol. The molecule has 2 aromatic rings. The molecule has 0 fully saturated rings. The largest absolute Gasteiger partial charge is 0.364 e. The minimum atomic E-state index is -0.775. The van der Waals surface area contributed by atoms with Gasteiger partial charge in [0.2, 0.25) is 0 Å². The normalized spacial score (nSPS) is 10.1. The van der Waals surface area contributed by atoms with Crippen molar-refractivity contribution in [2.45, 2.75) is 0 Å². The summed E-state index contributed by atoms with van der Waals surface area (Å²) in [6.07, 6.45) is 1.13. The first kappa shape index (κ1) is 11.9. The summed E-state index contributed by atoms with van der Waals surface area (Å²) in [4.78, 5) is 14.8. The second kappa shape index (κ2) is 4.75. The fourth-order valence-corrected chi connectivity index (χ4v) is 1.50. The van der Waals surface area contributed by atoms with E-state index in [9.17, 15) is 9.18 Å². The Morgan fingerprint density at radius 1 is 1.17 bits per heavy atom. The minimum Gasteiger partial charge on any atom is -0.364 e. The fraction of sp³-hybridized carbons (Fsp3) is 0. The second-order valence-corrected chi connectivity index (χ2v) is 3.68. The first-order valence-electron chi connectivity index (χ1n) is 5.18. The average Bonchev–Trinajstić information content (AvgIpc) is 2.39. The number of benzene rings is 1. The molecule has 1 amide bonds. The second-order valence-electron chi connectivity index (χ2n) is 3.68. The van der Waals surface area contributed by atoms with Crippen molar-refractivity contribution in [2.24, 2.45) is 5.73 Å². The van der Waals surface area contributed by atoms with Gasteiger partial charge in [-0.3, -0.25) is 15.2 Å². The Balaban J connectivity index is 2.30. The molecule has 3 N–H and O–H groups in total. The number of carbonyl (C=O) groups is 1. The molecule has 0 aliphatic rings. The lowest BCUT2D eigenvalue weighted by atomic mass is 10.1. The molecular weight excluding hydrogens is 233 g/mol. The summed E-state index contributed by atoms with van der Waals surface area (Å²) in [6, 6.07) is 9.49. The van der Waals surface area contributed by atoms with Crippen molar-refractivity contribution in [1.82, 2.24) is 4.98 Å². The highest BCUT2D eigenvalue weighted by Gasteiger charge is 2.07. The van der Waals surface area contributed by atoms with E-state index in [0.29, 0.717) is 11.3 Å². The quantitative estimate of drug-likeness (QED) is 0.805. The van der Waals surface area contributed by atoms with Crippen molar-refractivity contribution >= 4 is 11.6 Å². The number of pyridine rings is 1. The van der Waals surface area contributed by atoms with Gasteiger partial charge in [-0.05, 0) is 12.1 Å². The topological polar surface area (TPSA) is 79.8 Å². The number of hydrogen-bond donors (Lipinski definition) is 2. The molecule has 0 radical (unpaired) electrons. The highest BCUT2D eigenvalue weighted by atomic mass is 19.1. The molecule has 2 rings (SSSR count). The van der Waals surface area contributed by atoms with Crippen LogP contribution in [0.2, 0.25) is 0 Å². The Labute approximate surface area is 103 Å². The number of nitrogens with one attached hydrogen (secondary N) is 1. The molecule has 0 atom stereocenters. The maximum absolute atomic E-state index is 12.7. The van der Waals surface area contributed by atoms with Crippen LogP contribution in [0.25, 0.3) is 11.3 Å². The summed E-state index contributed by atoms with van der Waals surface area (Å²) in [5, 5.41) is 7.45. The van der Waals surface area contributed by atoms with Gasteiger partial charge < -0.3 is 5.73 Å². The summed E-state index contributed by atoms with van der Waals surface area (Å²) in [7, 11) is 0. The van der Waals surface area contributed by atoms with E-state index < -0.39 is 11.7 Å². The number of hydrogen-bond acceptors (Lipinski definition) is 3. The number of rotatable bonds is 3. The van der Waals surface area contributed by atoms with Crippen LogP contribution in [0.4, 0.5) is 4.39 Å². The van der Waals surface area contributed by atoms with Gasteiger partial charge in [0.1, 0.15) is 11.5 Å². The predicted octanol–water partition coefficient (Wildman–Crippen LogP) is 1.74. The minimum absolute atomic E-state index is 0.242. The van der Waals surface area contributed by atoms with Crippen LogP contribution in [0.15, 0.2) is 42.6 Å². The molecule has 1 aromatic carbocycles. The van der Waals surface area contributed by atoms with Gasteiger partial charge in [0.15, 0.2) is 0 Å². The molecule has 90 valence electrons. The van der Waals surface area contributed by atoms with Crippen LogP contribution in [0.5, 0.6) is 0 Å². The molecule has 0 spiro atoms. The maximum atomic E-state index is 12.7. The van der Waals surface area contributed by atoms with Gasteiger partial charge in [0.25, 0.3) is 5.91 Å². The van der Waals surface area contributed by atoms with Gasteiger partial charge in [-0.1, -0.05) is 24.3 Å². The lowest BCUT2D eigenvalue weighted by Crippen LogP contribution is -2.22. The van der Waals surface area contributed by atoms with E-state index in [1.54, 1.807) is 30.3 Å². The molecule has 1 aromatic heterocycles. The Morgan fingerprint density at radius 3 is 2.33 bits per heavy atom. The van der Waals surface area contributed by atoms with E-state index in [1.807, 2.05) is 0 Å². The van der Waals surface area contributed by atoms with Crippen molar-refractivity contribution in [1.29, 1.82) is 5.41 Å². The summed E-state index contributed by atoms with van der Waals surface area (Å²) in [5.41, 5.74) is 6.61. The number of nitrogens with two attached hydrogens (primary N) is 1. The predicted molar refractivity (Wildman–Crippen MR) is 65.7 cm³/mol. The number of nitrogens with zero attached hydrogens (tertiary/aromatic N) is 1. The number of halogens is 1. The van der Waals surface area contributed by atoms with E-state index in [2.05, 4.69) is 4.98 Å². The molecular formula is C13H10FN3O. The monoisotopic (exact) mass is 243 g/mol. The maximum Gasteiger partial charge on any atom is 0.267 e. The van der Waals surface area contributed by atoms with Crippen molar-refractivity contribution in [2.75, 3.05) is 0 Å². The molecule has 4 nitrogen and oxygen atoms in total. The summed E-state index contributed by atoms with van der Waals surface area (Å²) in [6.45, 7) is 0. The molecule has 1 heterocycles. The van der Waals surface area contributed by atoms with Crippen LogP contribution in [0.1, 0.15) is 5.56 Å². The lowest BCUT2D eigenvalue weighted by molar-refractivity contribution is -0.112. The zero-order valence-electron chi connectivity index (χ0n) is 9.35. The van der Waals surface area contributed by atoms with Crippen LogP contribution in [0.3, 0.4) is 0 Å². The van der Waals surface area contributed by atoms with Gasteiger partial charge in [-0.25, -0.2) is 4.39 Å². The van der Waals surface area contributed by atoms with E-state index in [4.69, 9.17) is 11.1 Å². The number of carbonyl (C=O) groups excluding carboxylic acids is 1. The van der Waals surface area contributed by atoms with Crippen molar-refractivity contribution in [3.05, 3.63) is 54.0 Å². The highest BCUT2D eigenvalue weighted by Crippen LogP contribution is 2.17. The first-order valence-corrected chi connectivity index (χ1v) is 5.18. The number of amides is 1. The van der Waals surface area contributed by atoms with Gasteiger partial charge in [0, 0.05) is 11.1 Å². The molecule has 0 aliphatic carbocycles. The Morgan fingerprint density at radius 2 is 1.83 bits per heavy atom. The van der Waals surface area contributed by atoms with Crippen molar-refractivity contribution in [3.8, 4) is 11.3 Å². The van der Waals surface area contributed by atoms with Crippen molar-refractivity contribution in [3.63, 3.8) is 0 Å². The first-order chi connectivity index (χ1) is 8.58. The summed E-state index contributed by atoms with van der Waals surface area (Å²) in [5.74, 6) is -1.17. The molecule has 5 heteroatoms. The van der Waals surface area contributed by atoms with Crippen LogP contribution in [-0.2, 0) is 4.79 Å². The highest BCUT2D eigenvalue weighted by molar-refractivity contribution is 6.43. The van der Waals surface area contributed by atoms with Gasteiger partial charge in [-0.2, -0.15) is 0 Å². The van der Waals surface area contributed by atoms with Gasteiger partial charge in [0.05, 0.1) is 11.9 Å². The smallest absolute Gasteiger partial charge is 0.267 e. The molecule has 0 unspecified atom stereocenters. The standard InChI is InChI=1S/C13H10FN3O/c14-10-5-6-11(17-7-10)8-1-3-9(4-2-8)12(15)13(16)18/h1-7,15H,(H2,16,18). The summed E-state index contributed by atoms with van der Waals surface area (Å²) >= 11 is 0. The van der Waals surface area contributed by atoms with Crippen LogP contribution < -0.4 is 5.73 Å². The van der Waals surface area contributed by atoms with Crippen LogP contribution in [-0.4, -0.2) is 16.6 Å². The third-order valence-electron chi connectivity index (χ3n) is 2.44. The van der Waals surface area contributed by atoms with Crippen molar-refractivity contribution < 1.29 is 9.18 Å². The summed E-state index contributed by atoms with van der Waals surface area (Å²) < 4.78 is 12.7. The van der Waals surface area contributed by atoms with E-state index >= 15 is 0 Å². The third-order valence-corrected chi connectivity index (χ3v) is 2.44. The molecule has 0 saturated carbocycles. The Bertz CT molecular complexity index is 591. The SMILES string of the molecule is N=C(C(N)=O)c1ccc(-c2ccc(F)cn2)cc1. The van der Waals surface area contributed by atoms with Gasteiger partial charge >= 0.3 is 0 Å². The van der Waals surface area contributed by atoms with Crippen LogP contribution >= 0.6 is 0 Å². The molecule has 0 saturated heterocycles. The third kappa shape index (κ3) is 2.40. The zero-order valence-corrected chi connectivity index (χ0v) is 9.35. The Kier molecular flexibility index (Phi) is 3.14. The van der Waals surface area contributed by atoms with Crippen LogP contribution in [0, 0.1) is 11.2 Å². The number of aromatic nitrogens is 1. The van der Waals surface area contributed by atoms with Gasteiger partial charge in [-0.15, -0.1) is 0 Å². The number of primary amides is 1. The molecule has 18 heavy (non-hydrogen) atoms. The molecule has 0 bridgehead atoms. The van der Waals surface area contributed by atoms with E-state index in [-0.39, 0.29) is 5.71 Å². The zero-order chi connectivity index (χ0) is 13.1. The fourth-order valence-electron chi connectivity index (χ4n) is 1.50. The van der Waals surface area contributed by atoms with E-state index in [0.717, 1.165) is 11.8 Å².